The SMILES string of the molecule is CCc1cc(=O)[nH]c(CN2CCCC(O)(CC(=O)N(C)C)C2)n1. The Hall–Kier alpha value is -1.73. The number of piperidine rings is 1. The largest absolute Gasteiger partial charge is 0.388 e. The van der Waals surface area contributed by atoms with E-state index in [-0.39, 0.29) is 17.9 Å². The van der Waals surface area contributed by atoms with Crippen molar-refractivity contribution in [1.82, 2.24) is 19.8 Å². The van der Waals surface area contributed by atoms with Crippen LogP contribution in [-0.2, 0) is 17.8 Å². The van der Waals surface area contributed by atoms with Gasteiger partial charge in [-0.05, 0) is 25.8 Å². The molecule has 128 valence electrons. The lowest BCUT2D eigenvalue weighted by Crippen LogP contribution is -2.50. The first-order valence-corrected chi connectivity index (χ1v) is 8.05. The molecule has 0 aromatic carbocycles. The van der Waals surface area contributed by atoms with Crippen LogP contribution in [0.1, 0.15) is 37.7 Å². The van der Waals surface area contributed by atoms with Gasteiger partial charge in [-0.15, -0.1) is 0 Å². The Labute approximate surface area is 136 Å². The lowest BCUT2D eigenvalue weighted by atomic mass is 9.89. The summed E-state index contributed by atoms with van der Waals surface area (Å²) in [5, 5.41) is 10.7. The van der Waals surface area contributed by atoms with Crippen molar-refractivity contribution >= 4 is 5.91 Å². The van der Waals surface area contributed by atoms with E-state index in [9.17, 15) is 14.7 Å². The van der Waals surface area contributed by atoms with E-state index in [2.05, 4.69) is 9.97 Å². The molecule has 1 aromatic heterocycles. The molecular weight excluding hydrogens is 296 g/mol. The van der Waals surface area contributed by atoms with Crippen LogP contribution < -0.4 is 5.56 Å². The molecule has 2 N–H and O–H groups in total. The average molecular weight is 322 g/mol. The van der Waals surface area contributed by atoms with Crippen molar-refractivity contribution in [3.63, 3.8) is 0 Å². The van der Waals surface area contributed by atoms with Crippen molar-refractivity contribution < 1.29 is 9.90 Å². The number of aromatic amines is 1. The Balaban J connectivity index is 2.05. The molecule has 2 heterocycles. The van der Waals surface area contributed by atoms with Crippen LogP contribution in [0.3, 0.4) is 0 Å². The van der Waals surface area contributed by atoms with Crippen LogP contribution in [0.4, 0.5) is 0 Å². The van der Waals surface area contributed by atoms with Gasteiger partial charge in [0.25, 0.3) is 5.56 Å². The summed E-state index contributed by atoms with van der Waals surface area (Å²) in [4.78, 5) is 34.3. The van der Waals surface area contributed by atoms with E-state index in [1.54, 1.807) is 14.1 Å². The van der Waals surface area contributed by atoms with Gasteiger partial charge in [-0.3, -0.25) is 14.5 Å². The number of aliphatic hydroxyl groups is 1. The van der Waals surface area contributed by atoms with E-state index in [1.807, 2.05) is 11.8 Å². The van der Waals surface area contributed by atoms with Gasteiger partial charge in [0.15, 0.2) is 0 Å². The van der Waals surface area contributed by atoms with Gasteiger partial charge >= 0.3 is 0 Å². The second-order valence-corrected chi connectivity index (χ2v) is 6.54. The summed E-state index contributed by atoms with van der Waals surface area (Å²) in [6.07, 6.45) is 2.25. The fourth-order valence-corrected chi connectivity index (χ4v) is 2.96. The molecule has 1 unspecified atom stereocenters. The van der Waals surface area contributed by atoms with Crippen LogP contribution in [0.2, 0.25) is 0 Å². The van der Waals surface area contributed by atoms with Crippen LogP contribution in [0.25, 0.3) is 0 Å². The quantitative estimate of drug-likeness (QED) is 0.805. The van der Waals surface area contributed by atoms with Crippen molar-refractivity contribution in [3.05, 3.63) is 27.9 Å². The third kappa shape index (κ3) is 4.87. The number of aryl methyl sites for hydroxylation is 1. The van der Waals surface area contributed by atoms with E-state index in [0.29, 0.717) is 31.8 Å². The number of nitrogens with zero attached hydrogens (tertiary/aromatic N) is 3. The second-order valence-electron chi connectivity index (χ2n) is 6.54. The summed E-state index contributed by atoms with van der Waals surface area (Å²) >= 11 is 0. The van der Waals surface area contributed by atoms with E-state index in [4.69, 9.17) is 0 Å². The number of likely N-dealkylation sites (tertiary alicyclic amines) is 1. The maximum absolute atomic E-state index is 11.9. The highest BCUT2D eigenvalue weighted by Crippen LogP contribution is 2.25. The minimum atomic E-state index is -1.01. The van der Waals surface area contributed by atoms with Crippen LogP contribution in [0.5, 0.6) is 0 Å². The minimum absolute atomic E-state index is 0.0751. The normalized spacial score (nSPS) is 22.1. The summed E-state index contributed by atoms with van der Waals surface area (Å²) in [6.45, 7) is 3.66. The van der Waals surface area contributed by atoms with E-state index < -0.39 is 5.60 Å². The van der Waals surface area contributed by atoms with Gasteiger partial charge < -0.3 is 15.0 Å². The Kier molecular flexibility index (Phi) is 5.54. The number of rotatable bonds is 5. The molecule has 2 rings (SSSR count). The Morgan fingerprint density at radius 1 is 1.52 bits per heavy atom. The molecule has 1 fully saturated rings. The highest BCUT2D eigenvalue weighted by molar-refractivity contribution is 5.76. The number of β-amino-alcohol motifs (C(OH)–C–C–N with tert-alkyl or cyclic N) is 1. The third-order valence-corrected chi connectivity index (χ3v) is 4.19. The maximum atomic E-state index is 11.9. The first-order chi connectivity index (χ1) is 10.8. The molecule has 1 aliphatic rings. The zero-order valence-electron chi connectivity index (χ0n) is 14.1. The van der Waals surface area contributed by atoms with Crippen molar-refractivity contribution in [2.24, 2.45) is 0 Å². The second kappa shape index (κ2) is 7.23. The third-order valence-electron chi connectivity index (χ3n) is 4.19. The fourth-order valence-electron chi connectivity index (χ4n) is 2.96. The molecule has 23 heavy (non-hydrogen) atoms. The minimum Gasteiger partial charge on any atom is -0.388 e. The number of carbonyl (C=O) groups excluding carboxylic acids is 1. The number of hydrogen-bond donors (Lipinski definition) is 2. The number of nitrogens with one attached hydrogen (secondary N) is 1. The highest BCUT2D eigenvalue weighted by atomic mass is 16.3. The van der Waals surface area contributed by atoms with Crippen LogP contribution in [-0.4, -0.2) is 63.6 Å². The zero-order valence-corrected chi connectivity index (χ0v) is 14.1. The number of H-pyrrole nitrogens is 1. The van der Waals surface area contributed by atoms with Gasteiger partial charge in [-0.2, -0.15) is 0 Å². The van der Waals surface area contributed by atoms with Crippen LogP contribution >= 0.6 is 0 Å². The molecule has 1 aliphatic heterocycles. The van der Waals surface area contributed by atoms with Gasteiger partial charge in [0.1, 0.15) is 5.82 Å². The topological polar surface area (TPSA) is 89.5 Å². The molecule has 7 heteroatoms. The zero-order chi connectivity index (χ0) is 17.0. The molecule has 0 spiro atoms. The smallest absolute Gasteiger partial charge is 0.251 e. The molecule has 7 nitrogen and oxygen atoms in total. The Morgan fingerprint density at radius 3 is 2.91 bits per heavy atom. The summed E-state index contributed by atoms with van der Waals surface area (Å²) in [5.41, 5.74) is -0.400. The maximum Gasteiger partial charge on any atom is 0.251 e. The monoisotopic (exact) mass is 322 g/mol. The van der Waals surface area contributed by atoms with Crippen molar-refractivity contribution in [2.75, 3.05) is 27.2 Å². The number of hydrogen-bond acceptors (Lipinski definition) is 5. The summed E-state index contributed by atoms with van der Waals surface area (Å²) in [6, 6.07) is 1.51. The summed E-state index contributed by atoms with van der Waals surface area (Å²) < 4.78 is 0. The molecule has 1 aromatic rings. The Morgan fingerprint density at radius 2 is 2.26 bits per heavy atom. The predicted molar refractivity (Wildman–Crippen MR) is 87.0 cm³/mol. The van der Waals surface area contributed by atoms with Crippen LogP contribution in [0.15, 0.2) is 10.9 Å². The van der Waals surface area contributed by atoms with Gasteiger partial charge in [-0.1, -0.05) is 6.92 Å². The molecule has 0 radical (unpaired) electrons. The lowest BCUT2D eigenvalue weighted by Gasteiger charge is -2.39. The molecule has 0 aliphatic carbocycles. The molecule has 1 saturated heterocycles. The van der Waals surface area contributed by atoms with E-state index in [0.717, 1.165) is 18.7 Å². The van der Waals surface area contributed by atoms with Gasteiger partial charge in [0.05, 0.1) is 18.6 Å². The number of carbonyl (C=O) groups is 1. The van der Waals surface area contributed by atoms with Gasteiger partial charge in [0, 0.05) is 32.4 Å². The van der Waals surface area contributed by atoms with E-state index >= 15 is 0 Å². The lowest BCUT2D eigenvalue weighted by molar-refractivity contribution is -0.136. The summed E-state index contributed by atoms with van der Waals surface area (Å²) in [5.74, 6) is 0.534. The highest BCUT2D eigenvalue weighted by Gasteiger charge is 2.35. The number of amides is 1. The first kappa shape index (κ1) is 17.6. The van der Waals surface area contributed by atoms with Crippen molar-refractivity contribution in [1.29, 1.82) is 0 Å². The molecule has 0 bridgehead atoms. The molecular formula is C16H26N4O3. The molecule has 1 atom stereocenters. The van der Waals surface area contributed by atoms with Crippen molar-refractivity contribution in [3.8, 4) is 0 Å². The van der Waals surface area contributed by atoms with E-state index in [1.165, 1.54) is 11.0 Å². The van der Waals surface area contributed by atoms with Crippen molar-refractivity contribution in [2.45, 2.75) is 44.8 Å². The Bertz CT molecular complexity index is 614. The molecule has 0 saturated carbocycles. The fraction of sp³-hybridized carbons (Fsp3) is 0.688. The standard InChI is InChI=1S/C16H26N4O3/c1-4-12-8-14(21)18-13(17-12)10-20-7-5-6-16(23,11-20)9-15(22)19(2)3/h8,23H,4-7,9-11H2,1-3H3,(H,17,18,21). The average Bonchev–Trinajstić information content (AvgIpc) is 2.46. The molecule has 1 amide bonds. The summed E-state index contributed by atoms with van der Waals surface area (Å²) in [7, 11) is 3.38. The van der Waals surface area contributed by atoms with Gasteiger partial charge in [-0.25, -0.2) is 4.98 Å². The number of aromatic nitrogens is 2. The predicted octanol–water partition coefficient (Wildman–Crippen LogP) is 0.138. The van der Waals surface area contributed by atoms with Gasteiger partial charge in [0.2, 0.25) is 5.91 Å². The van der Waals surface area contributed by atoms with Crippen LogP contribution in [0, 0.1) is 0 Å². The first-order valence-electron chi connectivity index (χ1n) is 8.05.